The van der Waals surface area contributed by atoms with Gasteiger partial charge in [0.15, 0.2) is 17.2 Å². The van der Waals surface area contributed by atoms with Crippen molar-refractivity contribution in [1.29, 1.82) is 0 Å². The summed E-state index contributed by atoms with van der Waals surface area (Å²) in [5, 5.41) is 17.8. The number of nitrogens with zero attached hydrogens (tertiary/aromatic N) is 1. The smallest absolute Gasteiger partial charge is 0.176 e. The van der Waals surface area contributed by atoms with Crippen molar-refractivity contribution in [2.24, 2.45) is 0 Å². The second-order valence-electron chi connectivity index (χ2n) is 6.87. The number of methoxy groups -OCH3 is 1. The highest BCUT2D eigenvalue weighted by Gasteiger charge is 2.19. The van der Waals surface area contributed by atoms with E-state index >= 15 is 0 Å². The number of aryl methyl sites for hydroxylation is 1. The largest absolute Gasteiger partial charge is 0.507 e. The molecule has 0 aliphatic carbocycles. The number of hydrogen-bond donors (Lipinski definition) is 2. The van der Waals surface area contributed by atoms with Crippen LogP contribution in [0.1, 0.15) is 11.3 Å². The van der Waals surface area contributed by atoms with Gasteiger partial charge in [0.05, 0.1) is 12.8 Å². The Morgan fingerprint density at radius 1 is 1.00 bits per heavy atom. The lowest BCUT2D eigenvalue weighted by Gasteiger charge is -2.12. The Labute approximate surface area is 178 Å². The highest BCUT2D eigenvalue weighted by molar-refractivity contribution is 5.74. The summed E-state index contributed by atoms with van der Waals surface area (Å²) < 4.78 is 30.1. The van der Waals surface area contributed by atoms with Gasteiger partial charge in [0.2, 0.25) is 0 Å². The number of aromatic hydroxyl groups is 1. The zero-order chi connectivity index (χ0) is 21.8. The van der Waals surface area contributed by atoms with E-state index in [0.29, 0.717) is 39.9 Å². The minimum absolute atomic E-state index is 0.00650. The van der Waals surface area contributed by atoms with E-state index in [0.717, 1.165) is 5.56 Å². The molecule has 0 atom stereocenters. The molecule has 6 nitrogen and oxygen atoms in total. The van der Waals surface area contributed by atoms with Crippen LogP contribution in [0.5, 0.6) is 28.7 Å². The van der Waals surface area contributed by atoms with Crippen molar-refractivity contribution in [2.75, 3.05) is 7.11 Å². The number of benzene rings is 3. The average Bonchev–Trinajstić information content (AvgIpc) is 3.14. The van der Waals surface area contributed by atoms with Crippen molar-refractivity contribution in [3.8, 4) is 40.0 Å². The Kier molecular flexibility index (Phi) is 5.75. The quantitative estimate of drug-likeness (QED) is 0.406. The molecule has 0 spiro atoms. The molecule has 2 N–H and O–H groups in total. The molecule has 0 aliphatic heterocycles. The maximum absolute atomic E-state index is 13.0. The number of hydrogen-bond acceptors (Lipinski definition) is 5. The van der Waals surface area contributed by atoms with Gasteiger partial charge >= 0.3 is 0 Å². The van der Waals surface area contributed by atoms with Crippen LogP contribution in [0.4, 0.5) is 4.39 Å². The zero-order valence-corrected chi connectivity index (χ0v) is 17.1. The zero-order valence-electron chi connectivity index (χ0n) is 17.1. The summed E-state index contributed by atoms with van der Waals surface area (Å²) in [4.78, 5) is 0. The minimum Gasteiger partial charge on any atom is -0.507 e. The van der Waals surface area contributed by atoms with Crippen LogP contribution in [0.2, 0.25) is 0 Å². The maximum Gasteiger partial charge on any atom is 0.176 e. The van der Waals surface area contributed by atoms with E-state index in [1.165, 1.54) is 18.2 Å². The first-order valence-corrected chi connectivity index (χ1v) is 9.61. The van der Waals surface area contributed by atoms with Crippen LogP contribution < -0.4 is 14.2 Å². The summed E-state index contributed by atoms with van der Waals surface area (Å²) in [7, 11) is 1.57. The van der Waals surface area contributed by atoms with Crippen LogP contribution in [0.3, 0.4) is 0 Å². The van der Waals surface area contributed by atoms with E-state index in [2.05, 4.69) is 10.2 Å². The molecular formula is C24H21FN2O4. The van der Waals surface area contributed by atoms with E-state index in [-0.39, 0.29) is 18.2 Å². The standard InChI is InChI=1S/C24H21FN2O4/c1-15-24(31-22-6-4-3-5-21(22)29-2)23(27-26-15)19-12-11-18(13-20(19)28)30-14-16-7-9-17(25)10-8-16/h3-13,28H,14H2,1-2H3,(H,26,27). The van der Waals surface area contributed by atoms with Gasteiger partial charge in [-0.05, 0) is 48.9 Å². The first kappa shape index (κ1) is 20.3. The lowest BCUT2D eigenvalue weighted by molar-refractivity contribution is 0.304. The van der Waals surface area contributed by atoms with Gasteiger partial charge in [0.1, 0.15) is 29.6 Å². The van der Waals surface area contributed by atoms with Crippen molar-refractivity contribution in [1.82, 2.24) is 10.2 Å². The minimum atomic E-state index is -0.300. The number of phenolic OH excluding ortho intramolecular Hbond substituents is 1. The van der Waals surface area contributed by atoms with Crippen molar-refractivity contribution < 1.29 is 23.7 Å². The second-order valence-corrected chi connectivity index (χ2v) is 6.87. The molecule has 7 heteroatoms. The van der Waals surface area contributed by atoms with Gasteiger partial charge in [-0.25, -0.2) is 4.39 Å². The molecule has 0 amide bonds. The summed E-state index contributed by atoms with van der Waals surface area (Å²) >= 11 is 0. The summed E-state index contributed by atoms with van der Waals surface area (Å²) in [6.07, 6.45) is 0. The lowest BCUT2D eigenvalue weighted by atomic mass is 10.1. The van der Waals surface area contributed by atoms with Gasteiger partial charge in [0.25, 0.3) is 0 Å². The van der Waals surface area contributed by atoms with Gasteiger partial charge in [0, 0.05) is 11.6 Å². The Balaban J connectivity index is 1.57. The third-order valence-corrected chi connectivity index (χ3v) is 4.72. The van der Waals surface area contributed by atoms with E-state index in [4.69, 9.17) is 14.2 Å². The maximum atomic E-state index is 13.0. The van der Waals surface area contributed by atoms with Crippen LogP contribution in [0.25, 0.3) is 11.3 Å². The summed E-state index contributed by atoms with van der Waals surface area (Å²) in [6, 6.07) is 18.3. The van der Waals surface area contributed by atoms with Gasteiger partial charge in [-0.1, -0.05) is 24.3 Å². The number of aromatic amines is 1. The van der Waals surface area contributed by atoms with E-state index < -0.39 is 0 Å². The Bertz CT molecular complexity index is 1190. The van der Waals surface area contributed by atoms with Gasteiger partial charge in [-0.3, -0.25) is 5.10 Å². The molecule has 0 saturated carbocycles. The van der Waals surface area contributed by atoms with Crippen LogP contribution in [-0.2, 0) is 6.61 Å². The first-order chi connectivity index (χ1) is 15.0. The predicted molar refractivity (Wildman–Crippen MR) is 114 cm³/mol. The molecule has 4 aromatic rings. The molecule has 0 saturated heterocycles. The molecule has 0 unspecified atom stereocenters. The predicted octanol–water partition coefficient (Wildman–Crippen LogP) is 5.61. The van der Waals surface area contributed by atoms with Crippen LogP contribution in [0, 0.1) is 12.7 Å². The topological polar surface area (TPSA) is 76.6 Å². The fourth-order valence-electron chi connectivity index (χ4n) is 3.09. The molecule has 0 aliphatic rings. The molecular weight excluding hydrogens is 399 g/mol. The number of nitrogens with one attached hydrogen (secondary N) is 1. The molecule has 1 heterocycles. The molecule has 0 bridgehead atoms. The molecule has 31 heavy (non-hydrogen) atoms. The number of rotatable bonds is 7. The number of phenols is 1. The number of ether oxygens (including phenoxy) is 3. The monoisotopic (exact) mass is 420 g/mol. The fourth-order valence-corrected chi connectivity index (χ4v) is 3.09. The van der Waals surface area contributed by atoms with Gasteiger partial charge in [-0.2, -0.15) is 5.10 Å². The summed E-state index contributed by atoms with van der Waals surface area (Å²) in [5.74, 6) is 1.78. The number of aromatic nitrogens is 2. The normalized spacial score (nSPS) is 10.7. The molecule has 3 aromatic carbocycles. The molecule has 1 aromatic heterocycles. The second kappa shape index (κ2) is 8.79. The van der Waals surface area contributed by atoms with E-state index in [9.17, 15) is 9.50 Å². The van der Waals surface area contributed by atoms with Crippen molar-refractivity contribution in [2.45, 2.75) is 13.5 Å². The van der Waals surface area contributed by atoms with Gasteiger partial charge in [-0.15, -0.1) is 0 Å². The van der Waals surface area contributed by atoms with E-state index in [1.54, 1.807) is 43.5 Å². The van der Waals surface area contributed by atoms with Crippen molar-refractivity contribution in [3.05, 3.63) is 83.8 Å². The molecule has 0 radical (unpaired) electrons. The Hall–Kier alpha value is -4.00. The highest BCUT2D eigenvalue weighted by atomic mass is 19.1. The van der Waals surface area contributed by atoms with Crippen LogP contribution in [0.15, 0.2) is 66.7 Å². The molecule has 158 valence electrons. The van der Waals surface area contributed by atoms with Crippen molar-refractivity contribution >= 4 is 0 Å². The third kappa shape index (κ3) is 4.45. The number of halogens is 1. The SMILES string of the molecule is COc1ccccc1Oc1c(-c2ccc(OCc3ccc(F)cc3)cc2O)n[nH]c1C. The molecule has 4 rings (SSSR count). The van der Waals surface area contributed by atoms with Crippen molar-refractivity contribution in [3.63, 3.8) is 0 Å². The summed E-state index contributed by atoms with van der Waals surface area (Å²) in [5.41, 5.74) is 2.48. The number of H-pyrrole nitrogens is 1. The van der Waals surface area contributed by atoms with Crippen LogP contribution in [-0.4, -0.2) is 22.4 Å². The Morgan fingerprint density at radius 3 is 2.45 bits per heavy atom. The average molecular weight is 420 g/mol. The first-order valence-electron chi connectivity index (χ1n) is 9.61. The Morgan fingerprint density at radius 2 is 1.74 bits per heavy atom. The fraction of sp³-hybridized carbons (Fsp3) is 0.125. The number of para-hydroxylation sites is 2. The van der Waals surface area contributed by atoms with Crippen LogP contribution >= 0.6 is 0 Å². The highest BCUT2D eigenvalue weighted by Crippen LogP contribution is 2.41. The summed E-state index contributed by atoms with van der Waals surface area (Å²) in [6.45, 7) is 2.08. The van der Waals surface area contributed by atoms with Gasteiger partial charge < -0.3 is 19.3 Å². The molecule has 0 fully saturated rings. The third-order valence-electron chi connectivity index (χ3n) is 4.72. The lowest BCUT2D eigenvalue weighted by Crippen LogP contribution is -1.96. The van der Waals surface area contributed by atoms with E-state index in [1.807, 2.05) is 19.1 Å².